The third-order valence-electron chi connectivity index (χ3n) is 5.99. The van der Waals surface area contributed by atoms with Crippen molar-refractivity contribution >= 4 is 23.2 Å². The average Bonchev–Trinajstić information content (AvgIpc) is 3.31. The van der Waals surface area contributed by atoms with Gasteiger partial charge in [0.25, 0.3) is 5.91 Å². The summed E-state index contributed by atoms with van der Waals surface area (Å²) >= 11 is 0. The highest BCUT2D eigenvalue weighted by atomic mass is 16.7. The Kier molecular flexibility index (Phi) is 4.83. The first-order chi connectivity index (χ1) is 15.5. The van der Waals surface area contributed by atoms with Gasteiger partial charge in [-0.3, -0.25) is 14.4 Å². The second-order valence-electron chi connectivity index (χ2n) is 7.90. The maximum atomic E-state index is 13.6. The summed E-state index contributed by atoms with van der Waals surface area (Å²) < 4.78 is 5.28. The van der Waals surface area contributed by atoms with Gasteiger partial charge < -0.3 is 9.84 Å². The van der Waals surface area contributed by atoms with Crippen LogP contribution < -0.4 is 14.7 Å². The first-order valence-electron chi connectivity index (χ1n) is 10.3. The van der Waals surface area contributed by atoms with E-state index >= 15 is 0 Å². The number of aryl methyl sites for hydroxylation is 1. The molecule has 2 saturated heterocycles. The molecule has 2 amide bonds. The van der Waals surface area contributed by atoms with Gasteiger partial charge in [0.15, 0.2) is 17.6 Å². The van der Waals surface area contributed by atoms with Gasteiger partial charge in [-0.15, -0.1) is 0 Å². The molecule has 32 heavy (non-hydrogen) atoms. The van der Waals surface area contributed by atoms with Gasteiger partial charge in [-0.1, -0.05) is 48.0 Å². The Balaban J connectivity index is 1.62. The van der Waals surface area contributed by atoms with Crippen LogP contribution in [0.3, 0.4) is 0 Å². The van der Waals surface area contributed by atoms with Gasteiger partial charge in [-0.05, 0) is 37.3 Å². The smallest absolute Gasteiger partial charge is 0.266 e. The Hall–Kier alpha value is -3.84. The van der Waals surface area contributed by atoms with E-state index in [4.69, 9.17) is 9.57 Å². The van der Waals surface area contributed by atoms with Crippen molar-refractivity contribution in [1.82, 2.24) is 0 Å². The van der Waals surface area contributed by atoms with E-state index in [0.29, 0.717) is 16.9 Å². The number of ether oxygens (including phenoxy) is 1. The Morgan fingerprint density at radius 3 is 2.28 bits per heavy atom. The number of phenols is 1. The number of fused-ring (bicyclic) bond motifs is 1. The molecule has 0 radical (unpaired) electrons. The molecule has 2 fully saturated rings. The van der Waals surface area contributed by atoms with Crippen LogP contribution in [0.25, 0.3) is 0 Å². The number of amides is 2. The number of methoxy groups -OCH3 is 1. The molecule has 0 spiro atoms. The standard InChI is InChI=1S/C25H22N2O5/c1-15-11-13-16(14-12-15)26-24(29)20-21(18-9-6-10-19(31-2)22(18)28)27(32-23(20)25(26)30)17-7-4-3-5-8-17/h3-14,20-21,23,28H,1-2H3/t20-,21+,23-/m1/s1. The van der Waals surface area contributed by atoms with Gasteiger partial charge in [0.2, 0.25) is 5.91 Å². The van der Waals surface area contributed by atoms with Crippen LogP contribution in [-0.4, -0.2) is 30.1 Å². The summed E-state index contributed by atoms with van der Waals surface area (Å²) in [5.74, 6) is -1.42. The lowest BCUT2D eigenvalue weighted by molar-refractivity contribution is -0.126. The van der Waals surface area contributed by atoms with E-state index in [1.54, 1.807) is 35.4 Å². The van der Waals surface area contributed by atoms with Crippen molar-refractivity contribution in [1.29, 1.82) is 0 Å². The molecule has 3 atom stereocenters. The zero-order chi connectivity index (χ0) is 22.4. The molecule has 5 rings (SSSR count). The molecule has 0 saturated carbocycles. The topological polar surface area (TPSA) is 79.3 Å². The largest absolute Gasteiger partial charge is 0.504 e. The highest BCUT2D eigenvalue weighted by molar-refractivity contribution is 6.24. The van der Waals surface area contributed by atoms with Crippen molar-refractivity contribution in [2.75, 3.05) is 17.1 Å². The van der Waals surface area contributed by atoms with Gasteiger partial charge >= 0.3 is 0 Å². The molecule has 0 aromatic heterocycles. The highest BCUT2D eigenvalue weighted by Gasteiger charge is 2.60. The van der Waals surface area contributed by atoms with E-state index in [-0.39, 0.29) is 17.4 Å². The average molecular weight is 430 g/mol. The lowest BCUT2D eigenvalue weighted by atomic mass is 9.90. The number of phenolic OH excluding ortho intramolecular Hbond substituents is 1. The van der Waals surface area contributed by atoms with Crippen LogP contribution in [0.5, 0.6) is 11.5 Å². The first kappa shape index (κ1) is 20.1. The number of hydroxylamine groups is 1. The molecular weight excluding hydrogens is 408 g/mol. The molecule has 3 aromatic rings. The third kappa shape index (κ3) is 3.01. The Morgan fingerprint density at radius 2 is 1.59 bits per heavy atom. The molecule has 1 N–H and O–H groups in total. The first-order valence-corrected chi connectivity index (χ1v) is 10.3. The molecule has 0 aliphatic carbocycles. The predicted molar refractivity (Wildman–Crippen MR) is 118 cm³/mol. The summed E-state index contributed by atoms with van der Waals surface area (Å²) in [4.78, 5) is 34.2. The molecule has 7 nitrogen and oxygen atoms in total. The number of aromatic hydroxyl groups is 1. The SMILES string of the molecule is COc1cccc([C@H]2[C@H]3C(=O)N(c4ccc(C)cc4)C(=O)[C@@H]3ON2c2ccccc2)c1O. The second kappa shape index (κ2) is 7.69. The molecule has 0 unspecified atom stereocenters. The number of hydrogen-bond donors (Lipinski definition) is 1. The number of anilines is 2. The van der Waals surface area contributed by atoms with Crippen molar-refractivity contribution in [2.24, 2.45) is 5.92 Å². The summed E-state index contributed by atoms with van der Waals surface area (Å²) in [5.41, 5.74) is 2.66. The van der Waals surface area contributed by atoms with E-state index in [0.717, 1.165) is 5.56 Å². The number of carbonyl (C=O) groups excluding carboxylic acids is 2. The maximum absolute atomic E-state index is 13.6. The normalized spacial score (nSPS) is 22.4. The van der Waals surface area contributed by atoms with Crippen LogP contribution in [0.4, 0.5) is 11.4 Å². The highest BCUT2D eigenvalue weighted by Crippen LogP contribution is 2.50. The molecule has 2 aliphatic heterocycles. The summed E-state index contributed by atoms with van der Waals surface area (Å²) in [7, 11) is 1.46. The number of carbonyl (C=O) groups is 2. The Bertz CT molecular complexity index is 1180. The maximum Gasteiger partial charge on any atom is 0.266 e. The van der Waals surface area contributed by atoms with E-state index in [1.807, 2.05) is 49.4 Å². The number of para-hydroxylation sites is 2. The van der Waals surface area contributed by atoms with Crippen LogP contribution in [0.15, 0.2) is 72.8 Å². The Morgan fingerprint density at radius 1 is 0.875 bits per heavy atom. The minimum atomic E-state index is -1.00. The van der Waals surface area contributed by atoms with Crippen molar-refractivity contribution in [3.63, 3.8) is 0 Å². The fourth-order valence-electron chi connectivity index (χ4n) is 4.42. The minimum absolute atomic E-state index is 0.0841. The van der Waals surface area contributed by atoms with Crippen LogP contribution in [-0.2, 0) is 14.4 Å². The zero-order valence-electron chi connectivity index (χ0n) is 17.6. The van der Waals surface area contributed by atoms with Crippen molar-refractivity contribution < 1.29 is 24.3 Å². The summed E-state index contributed by atoms with van der Waals surface area (Å²) in [6.07, 6.45) is -1.00. The van der Waals surface area contributed by atoms with Gasteiger partial charge in [-0.2, -0.15) is 0 Å². The van der Waals surface area contributed by atoms with Crippen LogP contribution >= 0.6 is 0 Å². The fourth-order valence-corrected chi connectivity index (χ4v) is 4.42. The lowest BCUT2D eigenvalue weighted by Crippen LogP contribution is -2.37. The molecule has 3 aromatic carbocycles. The fraction of sp³-hybridized carbons (Fsp3) is 0.200. The predicted octanol–water partition coefficient (Wildman–Crippen LogP) is 3.76. The van der Waals surface area contributed by atoms with E-state index < -0.39 is 24.0 Å². The van der Waals surface area contributed by atoms with Crippen LogP contribution in [0, 0.1) is 12.8 Å². The number of hydrogen-bond acceptors (Lipinski definition) is 6. The second-order valence-corrected chi connectivity index (χ2v) is 7.90. The summed E-state index contributed by atoms with van der Waals surface area (Å²) in [5, 5.41) is 12.4. The summed E-state index contributed by atoms with van der Waals surface area (Å²) in [6.45, 7) is 1.94. The molecule has 0 bridgehead atoms. The molecule has 2 heterocycles. The quantitative estimate of drug-likeness (QED) is 0.635. The monoisotopic (exact) mass is 430 g/mol. The van der Waals surface area contributed by atoms with Crippen molar-refractivity contribution in [2.45, 2.75) is 19.1 Å². The molecule has 162 valence electrons. The van der Waals surface area contributed by atoms with Gasteiger partial charge in [0.05, 0.1) is 18.5 Å². The van der Waals surface area contributed by atoms with Gasteiger partial charge in [0, 0.05) is 5.56 Å². The molecular formula is C25H22N2O5. The van der Waals surface area contributed by atoms with E-state index in [9.17, 15) is 14.7 Å². The number of benzene rings is 3. The number of rotatable bonds is 4. The number of imide groups is 1. The van der Waals surface area contributed by atoms with Gasteiger partial charge in [-0.25, -0.2) is 9.96 Å². The minimum Gasteiger partial charge on any atom is -0.504 e. The van der Waals surface area contributed by atoms with E-state index in [2.05, 4.69) is 0 Å². The van der Waals surface area contributed by atoms with E-state index in [1.165, 1.54) is 12.0 Å². The third-order valence-corrected chi connectivity index (χ3v) is 5.99. The molecule has 2 aliphatic rings. The lowest BCUT2D eigenvalue weighted by Gasteiger charge is -2.29. The molecule has 7 heteroatoms. The zero-order valence-corrected chi connectivity index (χ0v) is 17.6. The van der Waals surface area contributed by atoms with Crippen LogP contribution in [0.2, 0.25) is 0 Å². The van der Waals surface area contributed by atoms with Crippen molar-refractivity contribution in [3.05, 3.63) is 83.9 Å². The number of nitrogens with zero attached hydrogens (tertiary/aromatic N) is 2. The van der Waals surface area contributed by atoms with Crippen LogP contribution in [0.1, 0.15) is 17.2 Å². The van der Waals surface area contributed by atoms with Gasteiger partial charge in [0.1, 0.15) is 12.0 Å². The van der Waals surface area contributed by atoms with Crippen molar-refractivity contribution in [3.8, 4) is 11.5 Å². The summed E-state index contributed by atoms with van der Waals surface area (Å²) in [6, 6.07) is 20.8. The Labute approximate surface area is 185 Å².